The summed E-state index contributed by atoms with van der Waals surface area (Å²) in [5, 5.41) is 13.3. The molecular formula is C10H18N2O4. The smallest absolute Gasteiger partial charge is 0.303 e. The van der Waals surface area contributed by atoms with Gasteiger partial charge < -0.3 is 15.7 Å². The van der Waals surface area contributed by atoms with Gasteiger partial charge in [-0.25, -0.2) is 0 Å². The predicted molar refractivity (Wildman–Crippen MR) is 57.7 cm³/mol. The summed E-state index contributed by atoms with van der Waals surface area (Å²) in [6.07, 6.45) is -0.327. The van der Waals surface area contributed by atoms with Crippen molar-refractivity contribution in [1.29, 1.82) is 0 Å². The molecule has 0 aliphatic heterocycles. The van der Waals surface area contributed by atoms with Gasteiger partial charge in [-0.2, -0.15) is 0 Å². The van der Waals surface area contributed by atoms with Crippen LogP contribution in [-0.2, 0) is 14.4 Å². The summed E-state index contributed by atoms with van der Waals surface area (Å²) in [5.41, 5.74) is 0. The molecule has 0 fully saturated rings. The molecule has 3 N–H and O–H groups in total. The van der Waals surface area contributed by atoms with Crippen LogP contribution in [0.15, 0.2) is 0 Å². The summed E-state index contributed by atoms with van der Waals surface area (Å²) in [5.74, 6) is -1.37. The molecule has 0 unspecified atom stereocenters. The predicted octanol–water partition coefficient (Wildman–Crippen LogP) is -0.260. The lowest BCUT2D eigenvalue weighted by Gasteiger charge is -2.08. The van der Waals surface area contributed by atoms with Crippen LogP contribution >= 0.6 is 0 Å². The minimum Gasteiger partial charge on any atom is -0.481 e. The molecule has 0 bridgehead atoms. The van der Waals surface area contributed by atoms with Gasteiger partial charge >= 0.3 is 5.97 Å². The zero-order chi connectivity index (χ0) is 12.6. The lowest BCUT2D eigenvalue weighted by atomic mass is 10.2. The second-order valence-electron chi connectivity index (χ2n) is 3.87. The number of carboxylic acids is 1. The Morgan fingerprint density at radius 3 is 2.19 bits per heavy atom. The first-order valence-corrected chi connectivity index (χ1v) is 5.17. The Morgan fingerprint density at radius 2 is 1.69 bits per heavy atom. The Kier molecular flexibility index (Phi) is 6.91. The molecule has 0 radical (unpaired) electrons. The fourth-order valence-electron chi connectivity index (χ4n) is 0.868. The maximum Gasteiger partial charge on any atom is 0.303 e. The van der Waals surface area contributed by atoms with Gasteiger partial charge in [0.05, 0.1) is 13.0 Å². The Morgan fingerprint density at radius 1 is 1.06 bits per heavy atom. The van der Waals surface area contributed by atoms with E-state index in [1.54, 1.807) is 0 Å². The van der Waals surface area contributed by atoms with Crippen molar-refractivity contribution in [2.45, 2.75) is 26.7 Å². The van der Waals surface area contributed by atoms with E-state index in [1.807, 2.05) is 13.8 Å². The first-order valence-electron chi connectivity index (χ1n) is 5.17. The number of aliphatic carboxylic acids is 1. The number of amides is 2. The first-order chi connectivity index (χ1) is 7.41. The van der Waals surface area contributed by atoms with E-state index in [0.717, 1.165) is 0 Å². The third kappa shape index (κ3) is 8.98. The third-order valence-corrected chi connectivity index (χ3v) is 1.72. The van der Waals surface area contributed by atoms with Crippen molar-refractivity contribution < 1.29 is 19.5 Å². The molecule has 16 heavy (non-hydrogen) atoms. The van der Waals surface area contributed by atoms with Gasteiger partial charge in [0, 0.05) is 13.0 Å². The average Bonchev–Trinajstić information content (AvgIpc) is 2.20. The molecule has 0 spiro atoms. The molecule has 6 heteroatoms. The number of hydrogen-bond acceptors (Lipinski definition) is 3. The van der Waals surface area contributed by atoms with Gasteiger partial charge in [0.2, 0.25) is 11.8 Å². The molecule has 0 saturated carbocycles. The Labute approximate surface area is 94.4 Å². The van der Waals surface area contributed by atoms with Crippen molar-refractivity contribution in [2.75, 3.05) is 13.1 Å². The summed E-state index contributed by atoms with van der Waals surface area (Å²) < 4.78 is 0. The highest BCUT2D eigenvalue weighted by Gasteiger charge is 2.07. The lowest BCUT2D eigenvalue weighted by Crippen LogP contribution is -2.38. The topological polar surface area (TPSA) is 95.5 Å². The zero-order valence-electron chi connectivity index (χ0n) is 9.58. The van der Waals surface area contributed by atoms with Crippen LogP contribution in [0.2, 0.25) is 0 Å². The summed E-state index contributed by atoms with van der Waals surface area (Å²) in [6, 6.07) is 0. The van der Waals surface area contributed by atoms with E-state index < -0.39 is 11.9 Å². The van der Waals surface area contributed by atoms with E-state index in [-0.39, 0.29) is 25.3 Å². The summed E-state index contributed by atoms with van der Waals surface area (Å²) in [7, 11) is 0. The number of rotatable bonds is 7. The van der Waals surface area contributed by atoms with E-state index in [0.29, 0.717) is 12.5 Å². The molecule has 0 aliphatic rings. The van der Waals surface area contributed by atoms with Crippen LogP contribution in [0, 0.1) is 5.92 Å². The van der Waals surface area contributed by atoms with Gasteiger partial charge in [-0.15, -0.1) is 0 Å². The first kappa shape index (κ1) is 14.4. The summed E-state index contributed by atoms with van der Waals surface area (Å²) in [6.45, 7) is 4.38. The van der Waals surface area contributed by atoms with E-state index in [4.69, 9.17) is 5.11 Å². The highest BCUT2D eigenvalue weighted by Crippen LogP contribution is 1.88. The zero-order valence-corrected chi connectivity index (χ0v) is 9.58. The molecule has 0 atom stereocenters. The maximum absolute atomic E-state index is 11.1. The molecule has 92 valence electrons. The van der Waals surface area contributed by atoms with Crippen molar-refractivity contribution in [1.82, 2.24) is 10.6 Å². The van der Waals surface area contributed by atoms with Gasteiger partial charge in [-0.05, 0) is 5.92 Å². The van der Waals surface area contributed by atoms with E-state index in [9.17, 15) is 14.4 Å². The van der Waals surface area contributed by atoms with Gasteiger partial charge in [-0.1, -0.05) is 13.8 Å². The molecule has 0 heterocycles. The van der Waals surface area contributed by atoms with E-state index >= 15 is 0 Å². The largest absolute Gasteiger partial charge is 0.481 e. The fourth-order valence-corrected chi connectivity index (χ4v) is 0.868. The van der Waals surface area contributed by atoms with Gasteiger partial charge in [0.1, 0.15) is 0 Å². The quantitative estimate of drug-likeness (QED) is 0.561. The molecule has 0 aromatic heterocycles. The highest BCUT2D eigenvalue weighted by atomic mass is 16.4. The number of hydrogen-bond donors (Lipinski definition) is 3. The molecule has 0 aromatic carbocycles. The van der Waals surface area contributed by atoms with Crippen LogP contribution in [0.1, 0.15) is 26.7 Å². The van der Waals surface area contributed by atoms with Crippen molar-refractivity contribution in [3.63, 3.8) is 0 Å². The normalized spacial score (nSPS) is 9.94. The number of carboxylic acid groups (broad SMARTS) is 1. The standard InChI is InChI=1S/C10H18N2O4/c1-7(2)5-11-9(14)6-12-8(13)3-4-10(15)16/h7H,3-6H2,1-2H3,(H,11,14)(H,12,13)(H,15,16). The Bertz CT molecular complexity index is 264. The molecule has 0 aromatic rings. The molecule has 0 aliphatic carbocycles. The Balaban J connectivity index is 3.59. The van der Waals surface area contributed by atoms with Gasteiger partial charge in [0.15, 0.2) is 0 Å². The molecule has 2 amide bonds. The molecule has 0 rings (SSSR count). The number of carbonyl (C=O) groups excluding carboxylic acids is 2. The number of nitrogens with one attached hydrogen (secondary N) is 2. The maximum atomic E-state index is 11.1. The average molecular weight is 230 g/mol. The van der Waals surface area contributed by atoms with Gasteiger partial charge in [-0.3, -0.25) is 14.4 Å². The minimum atomic E-state index is -1.03. The number of carbonyl (C=O) groups is 3. The van der Waals surface area contributed by atoms with Crippen molar-refractivity contribution in [3.05, 3.63) is 0 Å². The Hall–Kier alpha value is -1.59. The summed E-state index contributed by atoms with van der Waals surface area (Å²) in [4.78, 5) is 32.3. The van der Waals surface area contributed by atoms with Crippen LogP contribution in [0.5, 0.6) is 0 Å². The van der Waals surface area contributed by atoms with Crippen LogP contribution in [0.25, 0.3) is 0 Å². The van der Waals surface area contributed by atoms with Crippen LogP contribution in [0.4, 0.5) is 0 Å². The third-order valence-electron chi connectivity index (χ3n) is 1.72. The van der Waals surface area contributed by atoms with Crippen LogP contribution < -0.4 is 10.6 Å². The highest BCUT2D eigenvalue weighted by molar-refractivity contribution is 5.86. The van der Waals surface area contributed by atoms with E-state index in [2.05, 4.69) is 10.6 Å². The molecule has 6 nitrogen and oxygen atoms in total. The van der Waals surface area contributed by atoms with Crippen LogP contribution in [0.3, 0.4) is 0 Å². The van der Waals surface area contributed by atoms with Gasteiger partial charge in [0.25, 0.3) is 0 Å². The molecule has 0 saturated heterocycles. The molecular weight excluding hydrogens is 212 g/mol. The second-order valence-corrected chi connectivity index (χ2v) is 3.87. The summed E-state index contributed by atoms with van der Waals surface area (Å²) >= 11 is 0. The van der Waals surface area contributed by atoms with E-state index in [1.165, 1.54) is 0 Å². The minimum absolute atomic E-state index is 0.104. The monoisotopic (exact) mass is 230 g/mol. The van der Waals surface area contributed by atoms with Crippen molar-refractivity contribution in [3.8, 4) is 0 Å². The van der Waals surface area contributed by atoms with Crippen molar-refractivity contribution >= 4 is 17.8 Å². The fraction of sp³-hybridized carbons (Fsp3) is 0.700. The SMILES string of the molecule is CC(C)CNC(=O)CNC(=O)CCC(=O)O. The second kappa shape index (κ2) is 7.67. The lowest BCUT2D eigenvalue weighted by molar-refractivity contribution is -0.138. The van der Waals surface area contributed by atoms with Crippen molar-refractivity contribution in [2.24, 2.45) is 5.92 Å². The van der Waals surface area contributed by atoms with Crippen LogP contribution in [-0.4, -0.2) is 36.0 Å².